The third-order valence-electron chi connectivity index (χ3n) is 3.14. The number of aromatic nitrogens is 1. The van der Waals surface area contributed by atoms with Crippen molar-refractivity contribution < 1.29 is 4.74 Å². The smallest absolute Gasteiger partial charge is 0.150 e. The highest BCUT2D eigenvalue weighted by Gasteiger charge is 2.08. The molecule has 2 aromatic rings. The highest BCUT2D eigenvalue weighted by molar-refractivity contribution is 5.41. The Balaban J connectivity index is 2.34. The molecule has 100 valence electrons. The van der Waals surface area contributed by atoms with Crippen molar-refractivity contribution in [3.63, 3.8) is 0 Å². The molecule has 0 radical (unpaired) electrons. The SMILES string of the molecule is Cc1ccc(C(C)C)cc1Oc1cccnc1CN. The molecule has 3 nitrogen and oxygen atoms in total. The van der Waals surface area contributed by atoms with Crippen molar-refractivity contribution >= 4 is 0 Å². The van der Waals surface area contributed by atoms with Crippen LogP contribution in [0.25, 0.3) is 0 Å². The largest absolute Gasteiger partial charge is 0.455 e. The Labute approximate surface area is 114 Å². The summed E-state index contributed by atoms with van der Waals surface area (Å²) in [4.78, 5) is 4.23. The summed E-state index contributed by atoms with van der Waals surface area (Å²) in [5, 5.41) is 0. The van der Waals surface area contributed by atoms with Gasteiger partial charge in [0.2, 0.25) is 0 Å². The maximum absolute atomic E-state index is 5.98. The van der Waals surface area contributed by atoms with Gasteiger partial charge < -0.3 is 10.5 Å². The van der Waals surface area contributed by atoms with Gasteiger partial charge in [-0.25, -0.2) is 0 Å². The quantitative estimate of drug-likeness (QED) is 0.906. The summed E-state index contributed by atoms with van der Waals surface area (Å²) >= 11 is 0. The Morgan fingerprint density at radius 1 is 1.21 bits per heavy atom. The number of ether oxygens (including phenoxy) is 1. The lowest BCUT2D eigenvalue weighted by molar-refractivity contribution is 0.468. The zero-order chi connectivity index (χ0) is 13.8. The molecule has 0 saturated heterocycles. The fourth-order valence-corrected chi connectivity index (χ4v) is 1.87. The van der Waals surface area contributed by atoms with Crippen LogP contribution in [-0.4, -0.2) is 4.98 Å². The van der Waals surface area contributed by atoms with Gasteiger partial charge in [-0.05, 0) is 42.2 Å². The van der Waals surface area contributed by atoms with E-state index in [1.165, 1.54) is 5.56 Å². The second kappa shape index (κ2) is 5.85. The lowest BCUT2D eigenvalue weighted by Crippen LogP contribution is -2.02. The summed E-state index contributed by atoms with van der Waals surface area (Å²) in [7, 11) is 0. The summed E-state index contributed by atoms with van der Waals surface area (Å²) in [5.74, 6) is 2.08. The molecule has 1 aromatic heterocycles. The van der Waals surface area contributed by atoms with Crippen molar-refractivity contribution in [2.45, 2.75) is 33.2 Å². The van der Waals surface area contributed by atoms with E-state index < -0.39 is 0 Å². The van der Waals surface area contributed by atoms with E-state index in [1.807, 2.05) is 19.1 Å². The zero-order valence-electron chi connectivity index (χ0n) is 11.7. The first-order valence-corrected chi connectivity index (χ1v) is 6.54. The van der Waals surface area contributed by atoms with E-state index in [1.54, 1.807) is 6.20 Å². The molecule has 0 aliphatic rings. The van der Waals surface area contributed by atoms with Gasteiger partial charge in [0, 0.05) is 12.7 Å². The van der Waals surface area contributed by atoms with E-state index in [2.05, 4.69) is 37.0 Å². The van der Waals surface area contributed by atoms with E-state index in [-0.39, 0.29) is 0 Å². The van der Waals surface area contributed by atoms with Crippen molar-refractivity contribution in [2.75, 3.05) is 0 Å². The molecule has 2 N–H and O–H groups in total. The summed E-state index contributed by atoms with van der Waals surface area (Å²) in [5.41, 5.74) is 8.82. The van der Waals surface area contributed by atoms with Gasteiger partial charge in [-0.15, -0.1) is 0 Å². The van der Waals surface area contributed by atoms with E-state index >= 15 is 0 Å². The topological polar surface area (TPSA) is 48.1 Å². The molecular formula is C16H20N2O. The van der Waals surface area contributed by atoms with Gasteiger partial charge in [0.25, 0.3) is 0 Å². The molecule has 0 unspecified atom stereocenters. The Bertz CT molecular complexity index is 564. The van der Waals surface area contributed by atoms with Crippen LogP contribution in [0.4, 0.5) is 0 Å². The molecule has 0 bridgehead atoms. The fraction of sp³-hybridized carbons (Fsp3) is 0.312. The molecule has 0 aliphatic heterocycles. The Hall–Kier alpha value is -1.87. The average Bonchev–Trinajstić information content (AvgIpc) is 2.41. The first-order valence-electron chi connectivity index (χ1n) is 6.54. The molecule has 0 saturated carbocycles. The van der Waals surface area contributed by atoms with Crippen LogP contribution >= 0.6 is 0 Å². The van der Waals surface area contributed by atoms with Crippen LogP contribution in [0.3, 0.4) is 0 Å². The molecule has 0 spiro atoms. The predicted molar refractivity (Wildman–Crippen MR) is 77.5 cm³/mol. The van der Waals surface area contributed by atoms with Gasteiger partial charge in [0.05, 0.1) is 5.69 Å². The van der Waals surface area contributed by atoms with Gasteiger partial charge in [0.1, 0.15) is 11.5 Å². The van der Waals surface area contributed by atoms with Crippen molar-refractivity contribution in [1.29, 1.82) is 0 Å². The van der Waals surface area contributed by atoms with Crippen LogP contribution in [0.15, 0.2) is 36.5 Å². The number of hydrogen-bond acceptors (Lipinski definition) is 3. The summed E-state index contributed by atoms with van der Waals surface area (Å²) in [6.07, 6.45) is 1.73. The second-order valence-corrected chi connectivity index (χ2v) is 4.93. The lowest BCUT2D eigenvalue weighted by atomic mass is 10.0. The minimum Gasteiger partial charge on any atom is -0.455 e. The number of pyridine rings is 1. The standard InChI is InChI=1S/C16H20N2O/c1-11(2)13-7-6-12(3)16(9-13)19-15-5-4-8-18-14(15)10-17/h4-9,11H,10,17H2,1-3H3. The minimum atomic E-state index is 0.374. The Morgan fingerprint density at radius 3 is 2.68 bits per heavy atom. The van der Waals surface area contributed by atoms with Gasteiger partial charge in [0.15, 0.2) is 0 Å². The Morgan fingerprint density at radius 2 is 2.00 bits per heavy atom. The Kier molecular flexibility index (Phi) is 4.17. The van der Waals surface area contributed by atoms with Crippen molar-refractivity contribution in [2.24, 2.45) is 5.73 Å². The van der Waals surface area contributed by atoms with Crippen LogP contribution < -0.4 is 10.5 Å². The van der Waals surface area contributed by atoms with Crippen molar-refractivity contribution in [3.05, 3.63) is 53.3 Å². The highest BCUT2D eigenvalue weighted by atomic mass is 16.5. The highest BCUT2D eigenvalue weighted by Crippen LogP contribution is 2.29. The van der Waals surface area contributed by atoms with E-state index in [0.29, 0.717) is 12.5 Å². The summed E-state index contributed by atoms with van der Waals surface area (Å²) in [6, 6.07) is 10.1. The van der Waals surface area contributed by atoms with E-state index in [0.717, 1.165) is 22.8 Å². The normalized spacial score (nSPS) is 10.8. The number of aryl methyl sites for hydroxylation is 1. The van der Waals surface area contributed by atoms with Crippen LogP contribution in [0.2, 0.25) is 0 Å². The molecule has 2 rings (SSSR count). The zero-order valence-corrected chi connectivity index (χ0v) is 11.7. The van der Waals surface area contributed by atoms with Crippen LogP contribution in [-0.2, 0) is 6.54 Å². The van der Waals surface area contributed by atoms with Crippen molar-refractivity contribution in [3.8, 4) is 11.5 Å². The van der Waals surface area contributed by atoms with Crippen LogP contribution in [0.1, 0.15) is 36.6 Å². The van der Waals surface area contributed by atoms with E-state index in [9.17, 15) is 0 Å². The molecule has 3 heteroatoms. The van der Waals surface area contributed by atoms with Crippen LogP contribution in [0.5, 0.6) is 11.5 Å². The average molecular weight is 256 g/mol. The molecule has 0 atom stereocenters. The number of nitrogens with two attached hydrogens (primary N) is 1. The number of rotatable bonds is 4. The molecule has 19 heavy (non-hydrogen) atoms. The molecule has 0 aliphatic carbocycles. The minimum absolute atomic E-state index is 0.374. The van der Waals surface area contributed by atoms with E-state index in [4.69, 9.17) is 10.5 Å². The van der Waals surface area contributed by atoms with Crippen molar-refractivity contribution in [1.82, 2.24) is 4.98 Å². The number of benzene rings is 1. The molecule has 0 amide bonds. The first-order chi connectivity index (χ1) is 9.11. The summed E-state index contributed by atoms with van der Waals surface area (Å²) < 4.78 is 5.98. The third kappa shape index (κ3) is 3.12. The number of nitrogens with zero attached hydrogens (tertiary/aromatic N) is 1. The van der Waals surface area contributed by atoms with Gasteiger partial charge >= 0.3 is 0 Å². The van der Waals surface area contributed by atoms with Crippen LogP contribution in [0, 0.1) is 6.92 Å². The maximum Gasteiger partial charge on any atom is 0.150 e. The lowest BCUT2D eigenvalue weighted by Gasteiger charge is -2.14. The van der Waals surface area contributed by atoms with Gasteiger partial charge in [-0.2, -0.15) is 0 Å². The molecule has 1 aromatic carbocycles. The first kappa shape index (κ1) is 13.6. The molecule has 0 fully saturated rings. The third-order valence-corrected chi connectivity index (χ3v) is 3.14. The summed E-state index contributed by atoms with van der Waals surface area (Å²) in [6.45, 7) is 6.75. The maximum atomic E-state index is 5.98. The molecule has 1 heterocycles. The van der Waals surface area contributed by atoms with Gasteiger partial charge in [-0.1, -0.05) is 26.0 Å². The molecular weight excluding hydrogens is 236 g/mol. The predicted octanol–water partition coefficient (Wildman–Crippen LogP) is 3.76. The monoisotopic (exact) mass is 256 g/mol. The number of hydrogen-bond donors (Lipinski definition) is 1. The second-order valence-electron chi connectivity index (χ2n) is 4.93. The van der Waals surface area contributed by atoms with Gasteiger partial charge in [-0.3, -0.25) is 4.98 Å². The fourth-order valence-electron chi connectivity index (χ4n) is 1.87.